The van der Waals surface area contributed by atoms with Gasteiger partial charge < -0.3 is 13.9 Å². The van der Waals surface area contributed by atoms with Crippen molar-refractivity contribution in [1.29, 1.82) is 0 Å². The standard InChI is InChI=1S/C23H17NO4/c25-23(26-19-14-8-3-9-15-19)28-22-20(16-17-10-4-1-5-11-17)24-21(27-22)18-12-6-2-7-13-18/h1-15H,16H2. The third kappa shape index (κ3) is 4.27. The smallest absolute Gasteiger partial charge is 0.405 e. The maximum atomic E-state index is 12.2. The molecule has 0 aliphatic carbocycles. The largest absolute Gasteiger partial charge is 0.521 e. The molecule has 4 rings (SSSR count). The van der Waals surface area contributed by atoms with E-state index in [1.807, 2.05) is 66.7 Å². The van der Waals surface area contributed by atoms with Gasteiger partial charge in [0, 0.05) is 12.0 Å². The molecule has 0 aliphatic rings. The summed E-state index contributed by atoms with van der Waals surface area (Å²) in [4.78, 5) is 16.7. The van der Waals surface area contributed by atoms with Crippen LogP contribution in [0.25, 0.3) is 11.5 Å². The molecular formula is C23H17NO4. The zero-order valence-corrected chi connectivity index (χ0v) is 14.9. The number of aromatic nitrogens is 1. The average molecular weight is 371 g/mol. The summed E-state index contributed by atoms with van der Waals surface area (Å²) < 4.78 is 16.3. The van der Waals surface area contributed by atoms with E-state index in [0.29, 0.717) is 23.8 Å². The van der Waals surface area contributed by atoms with Crippen LogP contribution < -0.4 is 9.47 Å². The highest BCUT2D eigenvalue weighted by atomic mass is 16.8. The Morgan fingerprint density at radius 3 is 2.07 bits per heavy atom. The number of rotatable bonds is 5. The molecule has 0 saturated carbocycles. The first kappa shape index (κ1) is 17.5. The molecule has 1 aromatic heterocycles. The van der Waals surface area contributed by atoms with Crippen LogP contribution in [0.5, 0.6) is 11.7 Å². The molecule has 0 atom stereocenters. The highest BCUT2D eigenvalue weighted by Gasteiger charge is 2.20. The van der Waals surface area contributed by atoms with Gasteiger partial charge in [-0.1, -0.05) is 66.7 Å². The second-order valence-electron chi connectivity index (χ2n) is 6.05. The molecule has 0 saturated heterocycles. The maximum absolute atomic E-state index is 12.2. The highest BCUT2D eigenvalue weighted by Crippen LogP contribution is 2.29. The average Bonchev–Trinajstić information content (AvgIpc) is 3.12. The van der Waals surface area contributed by atoms with Gasteiger partial charge in [-0.2, -0.15) is 0 Å². The second kappa shape index (κ2) is 8.22. The fourth-order valence-corrected chi connectivity index (χ4v) is 2.70. The van der Waals surface area contributed by atoms with Crippen molar-refractivity contribution < 1.29 is 18.7 Å². The van der Waals surface area contributed by atoms with Crippen LogP contribution in [0.4, 0.5) is 4.79 Å². The molecule has 4 aromatic rings. The number of benzene rings is 3. The van der Waals surface area contributed by atoms with E-state index >= 15 is 0 Å². The normalized spacial score (nSPS) is 10.4. The molecular weight excluding hydrogens is 354 g/mol. The van der Waals surface area contributed by atoms with Gasteiger partial charge in [0.1, 0.15) is 11.4 Å². The molecule has 5 nitrogen and oxygen atoms in total. The lowest BCUT2D eigenvalue weighted by molar-refractivity contribution is 0.140. The highest BCUT2D eigenvalue weighted by molar-refractivity contribution is 5.67. The molecule has 0 amide bonds. The van der Waals surface area contributed by atoms with Crippen LogP contribution in [0, 0.1) is 0 Å². The zero-order valence-electron chi connectivity index (χ0n) is 14.9. The topological polar surface area (TPSA) is 61.6 Å². The van der Waals surface area contributed by atoms with E-state index in [1.54, 1.807) is 24.3 Å². The summed E-state index contributed by atoms with van der Waals surface area (Å²) in [6.45, 7) is 0. The number of oxazole rings is 1. The number of carbonyl (C=O) groups is 1. The lowest BCUT2D eigenvalue weighted by Gasteiger charge is -2.04. The third-order valence-corrected chi connectivity index (χ3v) is 4.02. The van der Waals surface area contributed by atoms with Crippen LogP contribution in [-0.2, 0) is 6.42 Å². The van der Waals surface area contributed by atoms with Crippen molar-refractivity contribution in [2.75, 3.05) is 0 Å². The molecule has 5 heteroatoms. The molecule has 3 aromatic carbocycles. The van der Waals surface area contributed by atoms with E-state index in [0.717, 1.165) is 11.1 Å². The summed E-state index contributed by atoms with van der Waals surface area (Å²) in [6, 6.07) is 27.9. The first-order chi connectivity index (χ1) is 13.8. The Balaban J connectivity index is 1.60. The van der Waals surface area contributed by atoms with Crippen molar-refractivity contribution in [3.8, 4) is 23.1 Å². The van der Waals surface area contributed by atoms with E-state index in [9.17, 15) is 4.79 Å². The van der Waals surface area contributed by atoms with Crippen LogP contribution in [-0.4, -0.2) is 11.1 Å². The predicted octanol–water partition coefficient (Wildman–Crippen LogP) is 5.51. The lowest BCUT2D eigenvalue weighted by atomic mass is 10.1. The SMILES string of the molecule is O=C(Oc1ccccc1)Oc1oc(-c2ccccc2)nc1Cc1ccccc1. The molecule has 0 spiro atoms. The minimum atomic E-state index is -0.878. The second-order valence-corrected chi connectivity index (χ2v) is 6.05. The molecule has 0 aliphatic heterocycles. The minimum Gasteiger partial charge on any atom is -0.405 e. The van der Waals surface area contributed by atoms with Gasteiger partial charge in [0.2, 0.25) is 5.89 Å². The van der Waals surface area contributed by atoms with Gasteiger partial charge in [-0.15, -0.1) is 0 Å². The maximum Gasteiger partial charge on any atom is 0.521 e. The molecule has 0 bridgehead atoms. The number of carbonyl (C=O) groups excluding carboxylic acids is 1. The third-order valence-electron chi connectivity index (χ3n) is 4.02. The van der Waals surface area contributed by atoms with Gasteiger partial charge >= 0.3 is 12.1 Å². The Morgan fingerprint density at radius 1 is 0.786 bits per heavy atom. The summed E-state index contributed by atoms with van der Waals surface area (Å²) in [5, 5.41) is 0. The van der Waals surface area contributed by atoms with Gasteiger partial charge in [0.15, 0.2) is 0 Å². The van der Waals surface area contributed by atoms with Crippen molar-refractivity contribution in [2.24, 2.45) is 0 Å². The Kier molecular flexibility index (Phi) is 5.15. The Hall–Kier alpha value is -3.86. The first-order valence-corrected chi connectivity index (χ1v) is 8.82. The van der Waals surface area contributed by atoms with Crippen molar-refractivity contribution in [2.45, 2.75) is 6.42 Å². The number of hydrogen-bond donors (Lipinski definition) is 0. The monoisotopic (exact) mass is 371 g/mol. The summed E-state index contributed by atoms with van der Waals surface area (Å²) in [5.41, 5.74) is 2.34. The van der Waals surface area contributed by atoms with Crippen LogP contribution in [0.15, 0.2) is 95.4 Å². The van der Waals surface area contributed by atoms with Gasteiger partial charge in [-0.05, 0) is 29.8 Å². The van der Waals surface area contributed by atoms with E-state index in [2.05, 4.69) is 4.98 Å². The van der Waals surface area contributed by atoms with Gasteiger partial charge in [-0.3, -0.25) is 0 Å². The quantitative estimate of drug-likeness (QED) is 0.342. The molecule has 0 N–H and O–H groups in total. The number of ether oxygens (including phenoxy) is 2. The van der Waals surface area contributed by atoms with Gasteiger partial charge in [-0.25, -0.2) is 9.78 Å². The molecule has 0 radical (unpaired) electrons. The molecule has 28 heavy (non-hydrogen) atoms. The zero-order chi connectivity index (χ0) is 19.2. The van der Waals surface area contributed by atoms with Gasteiger partial charge in [0.05, 0.1) is 0 Å². The van der Waals surface area contributed by atoms with Crippen LogP contribution >= 0.6 is 0 Å². The molecule has 1 heterocycles. The van der Waals surface area contributed by atoms with Crippen molar-refractivity contribution in [1.82, 2.24) is 4.98 Å². The van der Waals surface area contributed by atoms with Gasteiger partial charge in [0.25, 0.3) is 0 Å². The Labute approximate surface area is 162 Å². The lowest BCUT2D eigenvalue weighted by Crippen LogP contribution is -2.14. The van der Waals surface area contributed by atoms with E-state index in [-0.39, 0.29) is 5.95 Å². The molecule has 0 unspecified atom stereocenters. The fourth-order valence-electron chi connectivity index (χ4n) is 2.70. The molecule has 0 fully saturated rings. The predicted molar refractivity (Wildman–Crippen MR) is 104 cm³/mol. The number of nitrogens with zero attached hydrogens (tertiary/aromatic N) is 1. The Morgan fingerprint density at radius 2 is 1.39 bits per heavy atom. The van der Waals surface area contributed by atoms with Crippen LogP contribution in [0.2, 0.25) is 0 Å². The molecule has 138 valence electrons. The van der Waals surface area contributed by atoms with Crippen molar-refractivity contribution in [3.63, 3.8) is 0 Å². The summed E-state index contributed by atoms with van der Waals surface area (Å²) >= 11 is 0. The van der Waals surface area contributed by atoms with E-state index < -0.39 is 6.16 Å². The van der Waals surface area contributed by atoms with E-state index in [4.69, 9.17) is 13.9 Å². The van der Waals surface area contributed by atoms with Crippen LogP contribution in [0.3, 0.4) is 0 Å². The summed E-state index contributed by atoms with van der Waals surface area (Å²) in [6.07, 6.45) is -0.415. The Bertz CT molecular complexity index is 1040. The summed E-state index contributed by atoms with van der Waals surface area (Å²) in [5.74, 6) is 0.803. The summed E-state index contributed by atoms with van der Waals surface area (Å²) in [7, 11) is 0. The van der Waals surface area contributed by atoms with E-state index in [1.165, 1.54) is 0 Å². The fraction of sp³-hybridized carbons (Fsp3) is 0.0435. The number of hydrogen-bond acceptors (Lipinski definition) is 5. The first-order valence-electron chi connectivity index (χ1n) is 8.82. The van der Waals surface area contributed by atoms with Crippen molar-refractivity contribution >= 4 is 6.16 Å². The minimum absolute atomic E-state index is 0.0311. The van der Waals surface area contributed by atoms with Crippen LogP contribution in [0.1, 0.15) is 11.3 Å². The number of para-hydroxylation sites is 1. The van der Waals surface area contributed by atoms with Crippen molar-refractivity contribution in [3.05, 3.63) is 102 Å².